The van der Waals surface area contributed by atoms with Gasteiger partial charge in [-0.3, -0.25) is 9.59 Å². The van der Waals surface area contributed by atoms with Gasteiger partial charge in [0.1, 0.15) is 23.4 Å². The minimum Gasteiger partial charge on any atom is -0.386 e. The van der Waals surface area contributed by atoms with E-state index < -0.39 is 24.7 Å². The third-order valence-corrected chi connectivity index (χ3v) is 5.00. The third kappa shape index (κ3) is 8.98. The number of aliphatic hydroxyl groups is 1. The minimum absolute atomic E-state index is 0.00188. The van der Waals surface area contributed by atoms with Gasteiger partial charge in [0.25, 0.3) is 0 Å². The van der Waals surface area contributed by atoms with Crippen molar-refractivity contribution in [3.63, 3.8) is 0 Å². The maximum atomic E-state index is 12.0. The summed E-state index contributed by atoms with van der Waals surface area (Å²) < 4.78 is 35.9. The van der Waals surface area contributed by atoms with Crippen molar-refractivity contribution in [1.82, 2.24) is 5.32 Å². The Hall–Kier alpha value is -0.760. The van der Waals surface area contributed by atoms with Crippen LogP contribution in [0.15, 0.2) is 0 Å². The van der Waals surface area contributed by atoms with E-state index in [1.54, 1.807) is 12.2 Å². The van der Waals surface area contributed by atoms with E-state index >= 15 is 0 Å². The number of hydrogen-bond donors (Lipinski definition) is 2. The molecule has 8 heteroatoms. The van der Waals surface area contributed by atoms with E-state index in [4.69, 9.17) is 0 Å². The summed E-state index contributed by atoms with van der Waals surface area (Å²) in [6.07, 6.45) is -2.57. The molecule has 2 N–H and O–H groups in total. The van der Waals surface area contributed by atoms with Crippen LogP contribution in [0, 0.1) is 5.92 Å². The maximum absolute atomic E-state index is 12.0. The number of hydrogen-bond acceptors (Lipinski definition) is 3. The Morgan fingerprint density at radius 1 is 1.33 bits per heavy atom. The molecule has 0 aliphatic carbocycles. The lowest BCUT2D eigenvalue weighted by Crippen LogP contribution is -2.42. The largest absolute Gasteiger partial charge is 0.471 e. The summed E-state index contributed by atoms with van der Waals surface area (Å²) in [5, 5.41) is 11.3. The third-order valence-electron chi connectivity index (χ3n) is 3.12. The number of halogens is 3. The zero-order valence-corrected chi connectivity index (χ0v) is 13.3. The Bertz CT molecular complexity index is 350. The topological polar surface area (TPSA) is 66.4 Å². The molecule has 0 aliphatic heterocycles. The van der Waals surface area contributed by atoms with Gasteiger partial charge in [-0.1, -0.05) is 6.92 Å². The lowest BCUT2D eigenvalue weighted by atomic mass is 10.00. The van der Waals surface area contributed by atoms with Crippen molar-refractivity contribution in [2.24, 2.45) is 5.92 Å². The van der Waals surface area contributed by atoms with E-state index in [1.807, 2.05) is 13.2 Å². The van der Waals surface area contributed by atoms with Crippen LogP contribution < -0.4 is 5.32 Å². The number of amides is 1. The van der Waals surface area contributed by atoms with Crippen LogP contribution in [0.1, 0.15) is 26.7 Å². The number of Topliss-reactive ketones (excluding diaryl/α,β-unsaturated/α-hetero) is 1. The normalized spacial score (nSPS) is 16.1. The van der Waals surface area contributed by atoms with Gasteiger partial charge < -0.3 is 10.4 Å². The van der Waals surface area contributed by atoms with Crippen molar-refractivity contribution in [2.75, 3.05) is 24.3 Å². The van der Waals surface area contributed by atoms with Gasteiger partial charge in [0, 0.05) is 18.9 Å². The van der Waals surface area contributed by atoms with Crippen molar-refractivity contribution in [1.29, 1.82) is 0 Å². The van der Waals surface area contributed by atoms with Crippen LogP contribution in [0.25, 0.3) is 0 Å². The molecule has 0 aromatic carbocycles. The predicted octanol–water partition coefficient (Wildman–Crippen LogP) is 1.28. The lowest BCUT2D eigenvalue weighted by molar-refractivity contribution is -0.173. The number of carbonyl (C=O) groups is 2. The van der Waals surface area contributed by atoms with Crippen LogP contribution in [0.2, 0.25) is 0 Å². The Kier molecular flexibility index (Phi) is 8.96. The molecule has 0 bridgehead atoms. The van der Waals surface area contributed by atoms with E-state index in [9.17, 15) is 27.9 Å². The first-order chi connectivity index (χ1) is 9.57. The standard InChI is InChI=1S/C13H22F3NO3S/c1-4-10(9(2)18)5-6-21(3)8-11(19)7-17-12(20)13(14,15)16/h10-11,19H,4-8H2,1-3H3/p+1/t10-,11?,21?/m0/s1. The molecule has 0 fully saturated rings. The molecule has 0 heterocycles. The summed E-state index contributed by atoms with van der Waals surface area (Å²) in [7, 11) is -0.209. The summed E-state index contributed by atoms with van der Waals surface area (Å²) >= 11 is 0. The second-order valence-electron chi connectivity index (χ2n) is 5.02. The molecule has 0 radical (unpaired) electrons. The molecule has 0 aromatic rings. The number of aliphatic hydroxyl groups excluding tert-OH is 1. The second kappa shape index (κ2) is 9.30. The zero-order chi connectivity index (χ0) is 16.6. The number of carbonyl (C=O) groups excluding carboxylic acids is 2. The molecule has 0 aromatic heterocycles. The van der Waals surface area contributed by atoms with E-state index in [2.05, 4.69) is 0 Å². The van der Waals surface area contributed by atoms with E-state index in [1.165, 1.54) is 0 Å². The molecule has 2 unspecified atom stereocenters. The molecular weight excluding hydrogens is 307 g/mol. The fourth-order valence-electron chi connectivity index (χ4n) is 1.82. The number of rotatable bonds is 9. The molecule has 21 heavy (non-hydrogen) atoms. The summed E-state index contributed by atoms with van der Waals surface area (Å²) in [6, 6.07) is 0. The van der Waals surface area contributed by atoms with Gasteiger partial charge in [0.05, 0.1) is 6.26 Å². The SMILES string of the molecule is CC[C@@H](CC[S+](C)CC(O)CNC(=O)C(F)(F)F)C(C)=O. The summed E-state index contributed by atoms with van der Waals surface area (Å²) in [5.41, 5.74) is 0. The molecule has 0 aliphatic rings. The molecule has 0 spiro atoms. The highest BCUT2D eigenvalue weighted by atomic mass is 32.2. The Morgan fingerprint density at radius 3 is 2.33 bits per heavy atom. The van der Waals surface area contributed by atoms with Crippen molar-refractivity contribution < 1.29 is 27.9 Å². The van der Waals surface area contributed by atoms with Crippen LogP contribution in [-0.4, -0.2) is 53.4 Å². The highest BCUT2D eigenvalue weighted by molar-refractivity contribution is 7.96. The van der Waals surface area contributed by atoms with Gasteiger partial charge in [-0.05, 0) is 24.2 Å². The van der Waals surface area contributed by atoms with Gasteiger partial charge in [-0.25, -0.2) is 0 Å². The highest BCUT2D eigenvalue weighted by Crippen LogP contribution is 2.14. The fraction of sp³-hybridized carbons (Fsp3) is 0.846. The average Bonchev–Trinajstić information content (AvgIpc) is 2.34. The highest BCUT2D eigenvalue weighted by Gasteiger charge is 2.38. The molecular formula is C13H23F3NO3S+. The first-order valence-corrected chi connectivity index (χ1v) is 8.67. The van der Waals surface area contributed by atoms with Crippen LogP contribution >= 0.6 is 0 Å². The molecule has 0 saturated carbocycles. The van der Waals surface area contributed by atoms with E-state index in [0.717, 1.165) is 12.2 Å². The Morgan fingerprint density at radius 2 is 1.90 bits per heavy atom. The summed E-state index contributed by atoms with van der Waals surface area (Å²) in [4.78, 5) is 21.9. The van der Waals surface area contributed by atoms with Crippen molar-refractivity contribution in [2.45, 2.75) is 39.0 Å². The van der Waals surface area contributed by atoms with E-state index in [-0.39, 0.29) is 22.6 Å². The fourth-order valence-corrected chi connectivity index (χ4v) is 3.45. The van der Waals surface area contributed by atoms with Gasteiger partial charge in [-0.15, -0.1) is 0 Å². The predicted molar refractivity (Wildman–Crippen MR) is 77.2 cm³/mol. The van der Waals surface area contributed by atoms with E-state index in [0.29, 0.717) is 12.2 Å². The average molecular weight is 330 g/mol. The van der Waals surface area contributed by atoms with Crippen LogP contribution in [-0.2, 0) is 20.5 Å². The number of alkyl halides is 3. The monoisotopic (exact) mass is 330 g/mol. The van der Waals surface area contributed by atoms with Crippen molar-refractivity contribution in [3.05, 3.63) is 0 Å². The Balaban J connectivity index is 4.02. The first kappa shape index (κ1) is 20.2. The smallest absolute Gasteiger partial charge is 0.386 e. The molecule has 1 amide bonds. The Labute approximate surface area is 125 Å². The first-order valence-electron chi connectivity index (χ1n) is 6.70. The quantitative estimate of drug-likeness (QED) is 0.626. The lowest BCUT2D eigenvalue weighted by Gasteiger charge is -2.14. The molecule has 0 saturated heterocycles. The maximum Gasteiger partial charge on any atom is 0.471 e. The second-order valence-corrected chi connectivity index (χ2v) is 7.32. The number of ketones is 1. The van der Waals surface area contributed by atoms with Crippen LogP contribution in [0.5, 0.6) is 0 Å². The summed E-state index contributed by atoms with van der Waals surface area (Å²) in [5.74, 6) is -0.857. The van der Waals surface area contributed by atoms with Gasteiger partial charge in [0.2, 0.25) is 0 Å². The molecule has 4 nitrogen and oxygen atoms in total. The van der Waals surface area contributed by atoms with Gasteiger partial charge in [0.15, 0.2) is 0 Å². The van der Waals surface area contributed by atoms with Crippen molar-refractivity contribution >= 4 is 22.6 Å². The molecule has 124 valence electrons. The minimum atomic E-state index is -4.93. The van der Waals surface area contributed by atoms with Gasteiger partial charge >= 0.3 is 12.1 Å². The molecule has 3 atom stereocenters. The van der Waals surface area contributed by atoms with Gasteiger partial charge in [-0.2, -0.15) is 13.2 Å². The zero-order valence-electron chi connectivity index (χ0n) is 12.5. The summed E-state index contributed by atoms with van der Waals surface area (Å²) in [6.45, 7) is 3.06. The van der Waals surface area contributed by atoms with Crippen molar-refractivity contribution in [3.8, 4) is 0 Å². The van der Waals surface area contributed by atoms with Crippen LogP contribution in [0.4, 0.5) is 13.2 Å². The van der Waals surface area contributed by atoms with Crippen LogP contribution in [0.3, 0.4) is 0 Å². The molecule has 0 rings (SSSR count). The number of nitrogens with one attached hydrogen (secondary N) is 1.